The van der Waals surface area contributed by atoms with Gasteiger partial charge in [0.15, 0.2) is 0 Å². The monoisotopic (exact) mass is 373 g/mol. The molecule has 27 heavy (non-hydrogen) atoms. The van der Waals surface area contributed by atoms with Gasteiger partial charge < -0.3 is 10.4 Å². The standard InChI is InChI=1S/C23H35NO3/c1-2-3-4-5-6-7-8-9-10-11-12-13-14-15-16-17-18-19-20-22(25)24-21-23(26)27/h3-4,6-7,9-10,12-13,15-16H,2,5,8,11,14,17-21H2,1H3,(H,24,25)(H,26,27)/b4-3-,7-6-,10-9-,13-12-,16-15-. The minimum atomic E-state index is -1.01. The first kappa shape index (κ1) is 24.6. The molecule has 0 aliphatic heterocycles. The summed E-state index contributed by atoms with van der Waals surface area (Å²) in [6, 6.07) is 0. The molecule has 0 aliphatic carbocycles. The molecule has 0 heterocycles. The van der Waals surface area contributed by atoms with Crippen LogP contribution in [0.15, 0.2) is 60.8 Å². The van der Waals surface area contributed by atoms with E-state index in [1.165, 1.54) is 0 Å². The first-order valence-electron chi connectivity index (χ1n) is 9.90. The van der Waals surface area contributed by atoms with Crippen molar-refractivity contribution in [3.05, 3.63) is 60.8 Å². The van der Waals surface area contributed by atoms with E-state index in [0.717, 1.165) is 51.4 Å². The molecule has 0 aromatic rings. The number of carboxylic acid groups (broad SMARTS) is 1. The van der Waals surface area contributed by atoms with E-state index in [1.807, 2.05) is 0 Å². The summed E-state index contributed by atoms with van der Waals surface area (Å²) in [6.45, 7) is 1.84. The largest absolute Gasteiger partial charge is 0.480 e. The summed E-state index contributed by atoms with van der Waals surface area (Å²) in [5, 5.41) is 10.8. The lowest BCUT2D eigenvalue weighted by molar-refractivity contribution is -0.137. The number of unbranched alkanes of at least 4 members (excludes halogenated alkanes) is 2. The number of amides is 1. The first-order valence-corrected chi connectivity index (χ1v) is 9.90. The fraction of sp³-hybridized carbons (Fsp3) is 0.478. The minimum absolute atomic E-state index is 0.193. The third-order valence-corrected chi connectivity index (χ3v) is 3.62. The predicted molar refractivity (Wildman–Crippen MR) is 114 cm³/mol. The van der Waals surface area contributed by atoms with Crippen molar-refractivity contribution in [3.8, 4) is 0 Å². The number of nitrogens with one attached hydrogen (secondary N) is 1. The van der Waals surface area contributed by atoms with Gasteiger partial charge in [-0.2, -0.15) is 0 Å². The number of allylic oxidation sites excluding steroid dienone is 10. The highest BCUT2D eigenvalue weighted by molar-refractivity contribution is 5.80. The van der Waals surface area contributed by atoms with Crippen LogP contribution in [0.1, 0.15) is 64.7 Å². The molecule has 1 amide bonds. The van der Waals surface area contributed by atoms with E-state index in [2.05, 4.69) is 73.0 Å². The molecule has 0 atom stereocenters. The van der Waals surface area contributed by atoms with Crippen LogP contribution in [-0.4, -0.2) is 23.5 Å². The molecule has 2 N–H and O–H groups in total. The number of hydrogen-bond acceptors (Lipinski definition) is 2. The van der Waals surface area contributed by atoms with Crippen LogP contribution >= 0.6 is 0 Å². The number of carbonyl (C=O) groups is 2. The molecule has 0 aliphatic rings. The van der Waals surface area contributed by atoms with E-state index in [0.29, 0.717) is 6.42 Å². The zero-order chi connectivity index (χ0) is 20.0. The second-order valence-corrected chi connectivity index (χ2v) is 6.12. The highest BCUT2D eigenvalue weighted by atomic mass is 16.4. The van der Waals surface area contributed by atoms with Crippen molar-refractivity contribution in [2.24, 2.45) is 0 Å². The molecule has 0 rings (SSSR count). The Morgan fingerprint density at radius 1 is 0.741 bits per heavy atom. The molecule has 4 heteroatoms. The van der Waals surface area contributed by atoms with Gasteiger partial charge in [-0.05, 0) is 51.4 Å². The Labute approximate surface area is 164 Å². The van der Waals surface area contributed by atoms with Crippen LogP contribution in [0, 0.1) is 0 Å². The van der Waals surface area contributed by atoms with E-state index < -0.39 is 5.97 Å². The fourth-order valence-electron chi connectivity index (χ4n) is 2.18. The van der Waals surface area contributed by atoms with Crippen molar-refractivity contribution in [2.45, 2.75) is 64.7 Å². The third-order valence-electron chi connectivity index (χ3n) is 3.62. The molecule has 0 bridgehead atoms. The van der Waals surface area contributed by atoms with Crippen molar-refractivity contribution in [3.63, 3.8) is 0 Å². The number of hydrogen-bond donors (Lipinski definition) is 2. The first-order chi connectivity index (χ1) is 13.2. The van der Waals surface area contributed by atoms with Gasteiger partial charge in [-0.15, -0.1) is 0 Å². The molecule has 0 spiro atoms. The Morgan fingerprint density at radius 3 is 1.70 bits per heavy atom. The topological polar surface area (TPSA) is 66.4 Å². The number of aliphatic carboxylic acids is 1. The molecule has 150 valence electrons. The average molecular weight is 374 g/mol. The third kappa shape index (κ3) is 21.6. The normalized spacial score (nSPS) is 12.3. The molecular weight excluding hydrogens is 338 g/mol. The zero-order valence-corrected chi connectivity index (χ0v) is 16.6. The average Bonchev–Trinajstić information content (AvgIpc) is 2.65. The Morgan fingerprint density at radius 2 is 1.22 bits per heavy atom. The quantitative estimate of drug-likeness (QED) is 0.277. The van der Waals surface area contributed by atoms with Crippen LogP contribution in [0.5, 0.6) is 0 Å². The second-order valence-electron chi connectivity index (χ2n) is 6.12. The van der Waals surface area contributed by atoms with Gasteiger partial charge in [-0.3, -0.25) is 9.59 Å². The van der Waals surface area contributed by atoms with E-state index in [-0.39, 0.29) is 12.5 Å². The van der Waals surface area contributed by atoms with Crippen molar-refractivity contribution in [1.82, 2.24) is 5.32 Å². The maximum Gasteiger partial charge on any atom is 0.322 e. The summed E-state index contributed by atoms with van der Waals surface area (Å²) in [5.74, 6) is -1.21. The fourth-order valence-corrected chi connectivity index (χ4v) is 2.18. The van der Waals surface area contributed by atoms with Crippen molar-refractivity contribution >= 4 is 11.9 Å². The van der Waals surface area contributed by atoms with Gasteiger partial charge in [0.25, 0.3) is 0 Å². The van der Waals surface area contributed by atoms with Gasteiger partial charge in [0.05, 0.1) is 0 Å². The van der Waals surface area contributed by atoms with Gasteiger partial charge in [0.1, 0.15) is 6.54 Å². The maximum atomic E-state index is 11.3. The molecule has 0 saturated heterocycles. The van der Waals surface area contributed by atoms with Crippen LogP contribution in [-0.2, 0) is 9.59 Å². The zero-order valence-electron chi connectivity index (χ0n) is 16.6. The Hall–Kier alpha value is -2.36. The lowest BCUT2D eigenvalue weighted by Gasteiger charge is -2.00. The summed E-state index contributed by atoms with van der Waals surface area (Å²) >= 11 is 0. The van der Waals surface area contributed by atoms with Crippen LogP contribution in [0.4, 0.5) is 0 Å². The van der Waals surface area contributed by atoms with E-state index in [1.54, 1.807) is 0 Å². The van der Waals surface area contributed by atoms with E-state index >= 15 is 0 Å². The summed E-state index contributed by atoms with van der Waals surface area (Å²) < 4.78 is 0. The SMILES string of the molecule is CC/C=C\C/C=C\C/C=C\C/C=C\C/C=C\CCCCC(=O)NCC(=O)O. The molecule has 0 aromatic heterocycles. The second kappa shape index (κ2) is 20.0. The van der Waals surface area contributed by atoms with Gasteiger partial charge in [-0.1, -0.05) is 67.7 Å². The number of carbonyl (C=O) groups excluding carboxylic acids is 1. The summed E-state index contributed by atoms with van der Waals surface area (Å²) in [7, 11) is 0. The molecular formula is C23H35NO3. The van der Waals surface area contributed by atoms with Crippen molar-refractivity contribution in [1.29, 1.82) is 0 Å². The Kier molecular flexibility index (Phi) is 18.2. The van der Waals surface area contributed by atoms with E-state index in [9.17, 15) is 9.59 Å². The lowest BCUT2D eigenvalue weighted by Crippen LogP contribution is -2.28. The van der Waals surface area contributed by atoms with Gasteiger partial charge in [-0.25, -0.2) is 0 Å². The Bertz CT molecular complexity index is 528. The summed E-state index contributed by atoms with van der Waals surface area (Å²) in [6.07, 6.45) is 29.8. The van der Waals surface area contributed by atoms with Crippen molar-refractivity contribution in [2.75, 3.05) is 6.54 Å². The highest BCUT2D eigenvalue weighted by Crippen LogP contribution is 2.02. The van der Waals surface area contributed by atoms with Crippen LogP contribution in [0.3, 0.4) is 0 Å². The van der Waals surface area contributed by atoms with Crippen molar-refractivity contribution < 1.29 is 14.7 Å². The van der Waals surface area contributed by atoms with Gasteiger partial charge in [0.2, 0.25) is 5.91 Å². The summed E-state index contributed by atoms with van der Waals surface area (Å²) in [4.78, 5) is 21.6. The molecule has 0 fully saturated rings. The molecule has 0 unspecified atom stereocenters. The van der Waals surface area contributed by atoms with Gasteiger partial charge >= 0.3 is 5.97 Å². The molecule has 0 aromatic carbocycles. The number of carboxylic acids is 1. The van der Waals surface area contributed by atoms with Gasteiger partial charge in [0, 0.05) is 6.42 Å². The smallest absolute Gasteiger partial charge is 0.322 e. The number of rotatable bonds is 16. The molecule has 4 nitrogen and oxygen atoms in total. The van der Waals surface area contributed by atoms with Crippen LogP contribution < -0.4 is 5.32 Å². The minimum Gasteiger partial charge on any atom is -0.480 e. The Balaban J connectivity index is 3.50. The van der Waals surface area contributed by atoms with E-state index in [4.69, 9.17) is 5.11 Å². The predicted octanol–water partition coefficient (Wildman–Crippen LogP) is 5.50. The lowest BCUT2D eigenvalue weighted by atomic mass is 10.1. The van der Waals surface area contributed by atoms with Crippen LogP contribution in [0.2, 0.25) is 0 Å². The maximum absolute atomic E-state index is 11.3. The highest BCUT2D eigenvalue weighted by Gasteiger charge is 2.02. The van der Waals surface area contributed by atoms with Crippen LogP contribution in [0.25, 0.3) is 0 Å². The summed E-state index contributed by atoms with van der Waals surface area (Å²) in [5.41, 5.74) is 0. The molecule has 0 saturated carbocycles. The molecule has 0 radical (unpaired) electrons.